The maximum absolute atomic E-state index is 10.4. The summed E-state index contributed by atoms with van der Waals surface area (Å²) in [6.45, 7) is 0.180. The zero-order valence-electron chi connectivity index (χ0n) is 12.7. The summed E-state index contributed by atoms with van der Waals surface area (Å²) in [5, 5.41) is 30.0. The maximum atomic E-state index is 10.4. The number of ether oxygens (including phenoxy) is 3. The fourth-order valence-electron chi connectivity index (χ4n) is 2.56. The third-order valence-corrected chi connectivity index (χ3v) is 3.65. The summed E-state index contributed by atoms with van der Waals surface area (Å²) in [7, 11) is 2.76. The molecule has 0 bridgehead atoms. The van der Waals surface area contributed by atoms with E-state index in [2.05, 4.69) is 0 Å². The van der Waals surface area contributed by atoms with Crippen molar-refractivity contribution in [1.82, 2.24) is 0 Å². The molecule has 3 N–H and O–H groups in total. The van der Waals surface area contributed by atoms with Crippen molar-refractivity contribution in [2.75, 3.05) is 20.8 Å². The van der Waals surface area contributed by atoms with Gasteiger partial charge in [-0.25, -0.2) is 0 Å². The van der Waals surface area contributed by atoms with Gasteiger partial charge in [0, 0.05) is 22.8 Å². The highest BCUT2D eigenvalue weighted by molar-refractivity contribution is 5.89. The first kappa shape index (κ1) is 14.9. The summed E-state index contributed by atoms with van der Waals surface area (Å²) >= 11 is 0. The summed E-state index contributed by atoms with van der Waals surface area (Å²) in [5.74, 6) is 0.509. The van der Waals surface area contributed by atoms with Gasteiger partial charge in [0.15, 0.2) is 11.5 Å². The summed E-state index contributed by atoms with van der Waals surface area (Å²) in [5.41, 5.74) is 1.81. The molecule has 2 aromatic rings. The summed E-state index contributed by atoms with van der Waals surface area (Å²) in [6, 6.07) is 6.18. The lowest BCUT2D eigenvalue weighted by atomic mass is 9.99. The van der Waals surface area contributed by atoms with Crippen LogP contribution in [0.2, 0.25) is 0 Å². The Bertz CT molecular complexity index is 794. The van der Waals surface area contributed by atoms with E-state index in [0.717, 1.165) is 5.56 Å². The Morgan fingerprint density at radius 2 is 1.74 bits per heavy atom. The van der Waals surface area contributed by atoms with Crippen molar-refractivity contribution in [1.29, 1.82) is 0 Å². The lowest BCUT2D eigenvalue weighted by Gasteiger charge is -2.21. The van der Waals surface area contributed by atoms with Crippen LogP contribution in [0.1, 0.15) is 11.1 Å². The molecule has 0 saturated heterocycles. The molecule has 0 fully saturated rings. The molecule has 6 heteroatoms. The Morgan fingerprint density at radius 1 is 1.00 bits per heavy atom. The molecule has 0 spiro atoms. The van der Waals surface area contributed by atoms with E-state index in [1.807, 2.05) is 6.08 Å². The molecule has 0 aromatic heterocycles. The second kappa shape index (κ2) is 5.64. The smallest absolute Gasteiger partial charge is 0.207 e. The molecule has 23 heavy (non-hydrogen) atoms. The maximum Gasteiger partial charge on any atom is 0.207 e. The minimum atomic E-state index is -0.144. The normalized spacial score (nSPS) is 12.9. The second-order valence-corrected chi connectivity index (χ2v) is 5.04. The highest BCUT2D eigenvalue weighted by atomic mass is 16.5. The van der Waals surface area contributed by atoms with E-state index in [-0.39, 0.29) is 35.4 Å². The predicted molar refractivity (Wildman–Crippen MR) is 84.3 cm³/mol. The van der Waals surface area contributed by atoms with Crippen molar-refractivity contribution in [3.8, 4) is 34.5 Å². The topological polar surface area (TPSA) is 88.4 Å². The summed E-state index contributed by atoms with van der Waals surface area (Å²) in [6.07, 6.45) is 1.82. The Balaban J connectivity index is 2.13. The predicted octanol–water partition coefficient (Wildman–Crippen LogP) is 2.75. The van der Waals surface area contributed by atoms with Crippen molar-refractivity contribution in [3.63, 3.8) is 0 Å². The lowest BCUT2D eigenvalue weighted by Crippen LogP contribution is -2.07. The van der Waals surface area contributed by atoms with Crippen LogP contribution in [0.25, 0.3) is 11.6 Å². The van der Waals surface area contributed by atoms with Gasteiger partial charge >= 0.3 is 0 Å². The van der Waals surface area contributed by atoms with Crippen LogP contribution in [-0.2, 0) is 0 Å². The fourth-order valence-corrected chi connectivity index (χ4v) is 2.56. The largest absolute Gasteiger partial charge is 0.508 e. The van der Waals surface area contributed by atoms with Gasteiger partial charge in [0.05, 0.1) is 14.2 Å². The first-order valence-corrected chi connectivity index (χ1v) is 6.88. The van der Waals surface area contributed by atoms with E-state index in [0.29, 0.717) is 16.9 Å². The van der Waals surface area contributed by atoms with Crippen LogP contribution in [0, 0.1) is 0 Å². The molecule has 1 aliphatic heterocycles. The van der Waals surface area contributed by atoms with Gasteiger partial charge in [-0.2, -0.15) is 0 Å². The Hall–Kier alpha value is -3.02. The number of aromatic hydroxyl groups is 3. The van der Waals surface area contributed by atoms with Gasteiger partial charge in [-0.05, 0) is 24.3 Å². The molecule has 1 aliphatic rings. The number of fused-ring (bicyclic) bond motifs is 1. The molecular weight excluding hydrogens is 300 g/mol. The number of phenolic OH excluding ortho intramolecular Hbond substituents is 3. The minimum Gasteiger partial charge on any atom is -0.508 e. The van der Waals surface area contributed by atoms with Crippen molar-refractivity contribution in [2.24, 2.45) is 0 Å². The van der Waals surface area contributed by atoms with Crippen molar-refractivity contribution < 1.29 is 29.5 Å². The van der Waals surface area contributed by atoms with Gasteiger partial charge < -0.3 is 29.5 Å². The van der Waals surface area contributed by atoms with E-state index in [4.69, 9.17) is 14.2 Å². The van der Waals surface area contributed by atoms with Gasteiger partial charge in [-0.15, -0.1) is 0 Å². The van der Waals surface area contributed by atoms with Gasteiger partial charge in [0.1, 0.15) is 18.1 Å². The lowest BCUT2D eigenvalue weighted by molar-refractivity contribution is 0.315. The molecule has 120 valence electrons. The Labute approximate surface area is 132 Å². The number of phenols is 3. The third-order valence-electron chi connectivity index (χ3n) is 3.65. The van der Waals surface area contributed by atoms with Crippen LogP contribution in [0.15, 0.2) is 24.3 Å². The first-order chi connectivity index (χ1) is 11.0. The molecule has 6 nitrogen and oxygen atoms in total. The molecule has 2 aromatic carbocycles. The first-order valence-electron chi connectivity index (χ1n) is 6.88. The van der Waals surface area contributed by atoms with Gasteiger partial charge in [-0.1, -0.05) is 0 Å². The van der Waals surface area contributed by atoms with Crippen LogP contribution in [0.3, 0.4) is 0 Å². The molecule has 3 rings (SSSR count). The number of hydrogen-bond donors (Lipinski definition) is 3. The molecule has 0 atom stereocenters. The van der Waals surface area contributed by atoms with Crippen LogP contribution in [-0.4, -0.2) is 36.1 Å². The van der Waals surface area contributed by atoms with E-state index < -0.39 is 0 Å². The number of hydrogen-bond acceptors (Lipinski definition) is 6. The van der Waals surface area contributed by atoms with E-state index in [9.17, 15) is 15.3 Å². The molecule has 0 aliphatic carbocycles. The molecule has 0 saturated carbocycles. The zero-order valence-corrected chi connectivity index (χ0v) is 12.7. The molecule has 0 radical (unpaired) electrons. The summed E-state index contributed by atoms with van der Waals surface area (Å²) < 4.78 is 15.8. The quantitative estimate of drug-likeness (QED) is 0.755. The van der Waals surface area contributed by atoms with Crippen LogP contribution < -0.4 is 14.2 Å². The molecule has 1 heterocycles. The third kappa shape index (κ3) is 2.48. The fraction of sp³-hybridized carbons (Fsp3) is 0.176. The van der Waals surface area contributed by atoms with Crippen molar-refractivity contribution in [3.05, 3.63) is 35.4 Å². The summed E-state index contributed by atoms with van der Waals surface area (Å²) in [4.78, 5) is 0. The monoisotopic (exact) mass is 316 g/mol. The van der Waals surface area contributed by atoms with E-state index in [1.54, 1.807) is 12.1 Å². The van der Waals surface area contributed by atoms with E-state index >= 15 is 0 Å². The molecular formula is C17H16O6. The van der Waals surface area contributed by atoms with Gasteiger partial charge in [0.25, 0.3) is 0 Å². The van der Waals surface area contributed by atoms with Gasteiger partial charge in [-0.3, -0.25) is 0 Å². The zero-order chi connectivity index (χ0) is 16.6. The Kier molecular flexibility index (Phi) is 3.65. The highest BCUT2D eigenvalue weighted by Gasteiger charge is 2.23. The number of methoxy groups -OCH3 is 2. The van der Waals surface area contributed by atoms with Crippen LogP contribution in [0.4, 0.5) is 0 Å². The van der Waals surface area contributed by atoms with Crippen LogP contribution in [0.5, 0.6) is 34.5 Å². The average molecular weight is 316 g/mol. The standard InChI is InChI=1S/C17H16O6/c1-21-16-13(19)7-12(15(20)17(16)22-2)10-5-9-3-4-11(18)6-14(9)23-8-10/h3-7,18-20H,8H2,1-2H3. The van der Waals surface area contributed by atoms with Crippen molar-refractivity contribution in [2.45, 2.75) is 0 Å². The minimum absolute atomic E-state index is 0.0555. The number of rotatable bonds is 3. The number of benzene rings is 2. The highest BCUT2D eigenvalue weighted by Crippen LogP contribution is 2.48. The molecule has 0 amide bonds. The van der Waals surface area contributed by atoms with Crippen molar-refractivity contribution >= 4 is 11.6 Å². The van der Waals surface area contributed by atoms with Gasteiger partial charge in [0.2, 0.25) is 11.5 Å². The average Bonchev–Trinajstić information content (AvgIpc) is 2.55. The second-order valence-electron chi connectivity index (χ2n) is 5.04. The Morgan fingerprint density at radius 3 is 2.43 bits per heavy atom. The van der Waals surface area contributed by atoms with Crippen LogP contribution >= 0.6 is 0 Å². The van der Waals surface area contributed by atoms with E-state index in [1.165, 1.54) is 26.4 Å². The SMILES string of the molecule is COc1c(O)cc(C2=Cc3ccc(O)cc3OC2)c(O)c1OC. The molecule has 0 unspecified atom stereocenters.